The summed E-state index contributed by atoms with van der Waals surface area (Å²) in [4.78, 5) is 10.8. The Kier molecular flexibility index (Phi) is 3.12. The highest BCUT2D eigenvalue weighted by atomic mass is 16.5. The molecule has 76 valence electrons. The lowest BCUT2D eigenvalue weighted by Gasteiger charge is -2.12. The Balaban J connectivity index is 3.09. The van der Waals surface area contributed by atoms with Crippen LogP contribution in [0.1, 0.15) is 29.8 Å². The van der Waals surface area contributed by atoms with E-state index in [1.165, 1.54) is 0 Å². The van der Waals surface area contributed by atoms with Crippen LogP contribution in [0.15, 0.2) is 18.2 Å². The molecule has 0 spiro atoms. The SMILES string of the molecule is Cc1ccc(C(=O)O)c(OC(C)C)c1. The molecule has 0 unspecified atom stereocenters. The molecule has 0 aromatic heterocycles. The molecular formula is C11H14O3. The van der Waals surface area contributed by atoms with Gasteiger partial charge in [-0.1, -0.05) is 6.07 Å². The van der Waals surface area contributed by atoms with Crippen LogP contribution < -0.4 is 4.74 Å². The van der Waals surface area contributed by atoms with Crippen molar-refractivity contribution < 1.29 is 14.6 Å². The van der Waals surface area contributed by atoms with Gasteiger partial charge in [0.15, 0.2) is 0 Å². The van der Waals surface area contributed by atoms with Gasteiger partial charge in [0.1, 0.15) is 11.3 Å². The zero-order chi connectivity index (χ0) is 10.7. The Morgan fingerprint density at radius 1 is 1.43 bits per heavy atom. The molecule has 0 bridgehead atoms. The van der Waals surface area contributed by atoms with E-state index in [1.807, 2.05) is 20.8 Å². The number of benzene rings is 1. The van der Waals surface area contributed by atoms with Crippen LogP contribution in [0.2, 0.25) is 0 Å². The van der Waals surface area contributed by atoms with Gasteiger partial charge in [-0.15, -0.1) is 0 Å². The van der Waals surface area contributed by atoms with E-state index in [0.717, 1.165) is 5.56 Å². The van der Waals surface area contributed by atoms with Crippen LogP contribution in [0.4, 0.5) is 0 Å². The summed E-state index contributed by atoms with van der Waals surface area (Å²) in [7, 11) is 0. The number of ether oxygens (including phenoxy) is 1. The largest absolute Gasteiger partial charge is 0.490 e. The van der Waals surface area contributed by atoms with Crippen molar-refractivity contribution in [2.75, 3.05) is 0 Å². The minimum Gasteiger partial charge on any atom is -0.490 e. The molecular weight excluding hydrogens is 180 g/mol. The summed E-state index contributed by atoms with van der Waals surface area (Å²) in [6, 6.07) is 5.06. The predicted molar refractivity (Wildman–Crippen MR) is 53.9 cm³/mol. The van der Waals surface area contributed by atoms with Crippen molar-refractivity contribution in [1.29, 1.82) is 0 Å². The normalized spacial score (nSPS) is 10.3. The Bertz CT molecular complexity index is 342. The second-order valence-corrected chi connectivity index (χ2v) is 3.47. The number of hydrogen-bond acceptors (Lipinski definition) is 2. The lowest BCUT2D eigenvalue weighted by Crippen LogP contribution is -2.09. The maximum Gasteiger partial charge on any atom is 0.339 e. The average Bonchev–Trinajstić information content (AvgIpc) is 2.01. The second-order valence-electron chi connectivity index (χ2n) is 3.47. The number of aryl methyl sites for hydroxylation is 1. The molecule has 1 aromatic carbocycles. The molecule has 0 fully saturated rings. The zero-order valence-corrected chi connectivity index (χ0v) is 8.57. The summed E-state index contributed by atoms with van der Waals surface area (Å²) in [6.45, 7) is 5.64. The predicted octanol–water partition coefficient (Wildman–Crippen LogP) is 2.48. The van der Waals surface area contributed by atoms with Crippen LogP contribution in [0, 0.1) is 6.92 Å². The van der Waals surface area contributed by atoms with Gasteiger partial charge in [0, 0.05) is 0 Å². The van der Waals surface area contributed by atoms with Crippen molar-refractivity contribution in [3.05, 3.63) is 29.3 Å². The molecule has 1 N–H and O–H groups in total. The van der Waals surface area contributed by atoms with E-state index in [9.17, 15) is 4.79 Å². The molecule has 0 aliphatic rings. The monoisotopic (exact) mass is 194 g/mol. The van der Waals surface area contributed by atoms with Gasteiger partial charge in [-0.25, -0.2) is 4.79 Å². The van der Waals surface area contributed by atoms with E-state index in [1.54, 1.807) is 18.2 Å². The third kappa shape index (κ3) is 2.49. The van der Waals surface area contributed by atoms with Crippen molar-refractivity contribution in [3.8, 4) is 5.75 Å². The van der Waals surface area contributed by atoms with Crippen LogP contribution in [-0.4, -0.2) is 17.2 Å². The van der Waals surface area contributed by atoms with Crippen LogP contribution in [0.5, 0.6) is 5.75 Å². The average molecular weight is 194 g/mol. The molecule has 0 atom stereocenters. The first-order chi connectivity index (χ1) is 6.50. The zero-order valence-electron chi connectivity index (χ0n) is 8.57. The number of aromatic carboxylic acids is 1. The van der Waals surface area contributed by atoms with E-state index in [-0.39, 0.29) is 11.7 Å². The van der Waals surface area contributed by atoms with Gasteiger partial charge in [-0.3, -0.25) is 0 Å². The van der Waals surface area contributed by atoms with Crippen molar-refractivity contribution in [3.63, 3.8) is 0 Å². The van der Waals surface area contributed by atoms with Crippen LogP contribution in [0.3, 0.4) is 0 Å². The van der Waals surface area contributed by atoms with Crippen molar-refractivity contribution in [2.24, 2.45) is 0 Å². The molecule has 1 rings (SSSR count). The molecule has 0 saturated carbocycles. The molecule has 0 aliphatic heterocycles. The first-order valence-electron chi connectivity index (χ1n) is 4.51. The van der Waals surface area contributed by atoms with E-state index in [0.29, 0.717) is 5.75 Å². The van der Waals surface area contributed by atoms with E-state index < -0.39 is 5.97 Å². The quantitative estimate of drug-likeness (QED) is 0.804. The Labute approximate surface area is 83.3 Å². The molecule has 3 nitrogen and oxygen atoms in total. The number of rotatable bonds is 3. The number of carboxylic acids is 1. The highest BCUT2D eigenvalue weighted by Gasteiger charge is 2.11. The van der Waals surface area contributed by atoms with E-state index >= 15 is 0 Å². The Morgan fingerprint density at radius 3 is 2.57 bits per heavy atom. The summed E-state index contributed by atoms with van der Waals surface area (Å²) >= 11 is 0. The highest BCUT2D eigenvalue weighted by Crippen LogP contribution is 2.21. The molecule has 1 aromatic rings. The number of hydrogen-bond donors (Lipinski definition) is 1. The molecule has 14 heavy (non-hydrogen) atoms. The van der Waals surface area contributed by atoms with Crippen LogP contribution in [0.25, 0.3) is 0 Å². The highest BCUT2D eigenvalue weighted by molar-refractivity contribution is 5.90. The van der Waals surface area contributed by atoms with Crippen molar-refractivity contribution >= 4 is 5.97 Å². The number of carboxylic acid groups (broad SMARTS) is 1. The third-order valence-electron chi connectivity index (χ3n) is 1.73. The molecule has 0 radical (unpaired) electrons. The maximum absolute atomic E-state index is 10.8. The fourth-order valence-corrected chi connectivity index (χ4v) is 1.16. The molecule has 3 heteroatoms. The van der Waals surface area contributed by atoms with Gasteiger partial charge in [-0.05, 0) is 38.5 Å². The molecule has 0 aliphatic carbocycles. The van der Waals surface area contributed by atoms with Crippen LogP contribution in [-0.2, 0) is 0 Å². The summed E-state index contributed by atoms with van der Waals surface area (Å²) in [6.07, 6.45) is -0.0186. The number of carbonyl (C=O) groups is 1. The lowest BCUT2D eigenvalue weighted by molar-refractivity contribution is 0.0690. The topological polar surface area (TPSA) is 46.5 Å². The summed E-state index contributed by atoms with van der Waals surface area (Å²) in [5, 5.41) is 8.89. The van der Waals surface area contributed by atoms with Gasteiger partial charge in [0.2, 0.25) is 0 Å². The molecule has 0 heterocycles. The smallest absolute Gasteiger partial charge is 0.339 e. The first kappa shape index (κ1) is 10.6. The fraction of sp³-hybridized carbons (Fsp3) is 0.364. The van der Waals surface area contributed by atoms with Crippen molar-refractivity contribution in [1.82, 2.24) is 0 Å². The van der Waals surface area contributed by atoms with Crippen molar-refractivity contribution in [2.45, 2.75) is 26.9 Å². The van der Waals surface area contributed by atoms with Gasteiger partial charge in [0.05, 0.1) is 6.10 Å². The maximum atomic E-state index is 10.8. The van der Waals surface area contributed by atoms with Gasteiger partial charge in [-0.2, -0.15) is 0 Å². The van der Waals surface area contributed by atoms with Gasteiger partial charge in [0.25, 0.3) is 0 Å². The molecule has 0 saturated heterocycles. The molecule has 0 amide bonds. The third-order valence-corrected chi connectivity index (χ3v) is 1.73. The summed E-state index contributed by atoms with van der Waals surface area (Å²) in [5.74, 6) is -0.520. The van der Waals surface area contributed by atoms with Crippen LogP contribution >= 0.6 is 0 Å². The Morgan fingerprint density at radius 2 is 2.07 bits per heavy atom. The fourth-order valence-electron chi connectivity index (χ4n) is 1.16. The standard InChI is InChI=1S/C11H14O3/c1-7(2)14-10-6-8(3)4-5-9(10)11(12)13/h4-7H,1-3H3,(H,12,13). The van der Waals surface area contributed by atoms with Gasteiger partial charge >= 0.3 is 5.97 Å². The lowest BCUT2D eigenvalue weighted by atomic mass is 10.1. The van der Waals surface area contributed by atoms with E-state index in [2.05, 4.69) is 0 Å². The minimum atomic E-state index is -0.958. The summed E-state index contributed by atoms with van der Waals surface area (Å²) in [5.41, 5.74) is 1.20. The van der Waals surface area contributed by atoms with Gasteiger partial charge < -0.3 is 9.84 Å². The second kappa shape index (κ2) is 4.13. The summed E-state index contributed by atoms with van der Waals surface area (Å²) < 4.78 is 5.41. The first-order valence-corrected chi connectivity index (χ1v) is 4.51. The Hall–Kier alpha value is -1.51. The van der Waals surface area contributed by atoms with E-state index in [4.69, 9.17) is 9.84 Å². The minimum absolute atomic E-state index is 0.0186.